The average Bonchev–Trinajstić information content (AvgIpc) is 2.68. The highest BCUT2D eigenvalue weighted by molar-refractivity contribution is 7.99. The van der Waals surface area contributed by atoms with E-state index in [1.54, 1.807) is 11.8 Å². The molecule has 1 heterocycles. The van der Waals surface area contributed by atoms with E-state index in [1.807, 2.05) is 18.2 Å². The monoisotopic (exact) mass is 396 g/mol. The number of rotatable bonds is 7. The van der Waals surface area contributed by atoms with Gasteiger partial charge < -0.3 is 4.74 Å². The molecule has 0 saturated carbocycles. The molecule has 3 rings (SSSR count). The summed E-state index contributed by atoms with van der Waals surface area (Å²) in [5, 5.41) is 0. The van der Waals surface area contributed by atoms with Crippen LogP contribution in [-0.2, 0) is 27.2 Å². The summed E-state index contributed by atoms with van der Waals surface area (Å²) in [4.78, 5) is 27.0. The van der Waals surface area contributed by atoms with E-state index in [0.717, 1.165) is 35.3 Å². The molecule has 2 aromatic carbocycles. The van der Waals surface area contributed by atoms with Gasteiger partial charge in [0.1, 0.15) is 12.0 Å². The molecule has 148 valence electrons. The summed E-state index contributed by atoms with van der Waals surface area (Å²) in [6.07, 6.45) is 2.30. The molecule has 4 heteroatoms. The number of hydrogen-bond acceptors (Lipinski definition) is 4. The van der Waals surface area contributed by atoms with Crippen molar-refractivity contribution in [3.63, 3.8) is 0 Å². The summed E-state index contributed by atoms with van der Waals surface area (Å²) in [5.74, 6) is -0.313. The molecule has 1 aliphatic rings. The Labute approximate surface area is 171 Å². The van der Waals surface area contributed by atoms with E-state index in [0.29, 0.717) is 12.8 Å². The minimum absolute atomic E-state index is 0.000728. The van der Waals surface area contributed by atoms with Crippen LogP contribution in [0.5, 0.6) is 0 Å². The van der Waals surface area contributed by atoms with Gasteiger partial charge in [-0.3, -0.25) is 9.59 Å². The van der Waals surface area contributed by atoms with Crippen LogP contribution in [0.3, 0.4) is 0 Å². The van der Waals surface area contributed by atoms with Gasteiger partial charge in [0.2, 0.25) is 0 Å². The summed E-state index contributed by atoms with van der Waals surface area (Å²) in [6, 6.07) is 14.3. The van der Waals surface area contributed by atoms with Crippen molar-refractivity contribution in [2.24, 2.45) is 0 Å². The molecule has 0 spiro atoms. The van der Waals surface area contributed by atoms with Gasteiger partial charge in [-0.2, -0.15) is 0 Å². The number of cyclic esters (lactones) is 1. The first kappa shape index (κ1) is 20.7. The third kappa shape index (κ3) is 4.67. The quantitative estimate of drug-likeness (QED) is 0.363. The molecule has 1 saturated heterocycles. The van der Waals surface area contributed by atoms with Gasteiger partial charge in [-0.15, -0.1) is 11.8 Å². The largest absolute Gasteiger partial charge is 0.461 e. The molecule has 0 aromatic heterocycles. The molecule has 0 N–H and O–H groups in total. The van der Waals surface area contributed by atoms with Gasteiger partial charge in [0.15, 0.2) is 5.78 Å². The van der Waals surface area contributed by atoms with Crippen molar-refractivity contribution in [3.05, 3.63) is 64.7 Å². The number of ketones is 1. The van der Waals surface area contributed by atoms with Crippen LogP contribution >= 0.6 is 11.8 Å². The molecular weight excluding hydrogens is 368 g/mol. The van der Waals surface area contributed by atoms with Gasteiger partial charge in [0, 0.05) is 17.1 Å². The number of ether oxygens (including phenoxy) is 1. The molecule has 1 fully saturated rings. The number of carbonyl (C=O) groups is 2. The minimum atomic E-state index is -0.761. The topological polar surface area (TPSA) is 43.4 Å². The Kier molecular flexibility index (Phi) is 6.95. The fraction of sp³-hybridized carbons (Fsp3) is 0.417. The SMILES string of the molecule is CCc1cc(C)cc(CC)c1C1C(=O)CC(CCSc2ccccc2)OC1=O. The second kappa shape index (κ2) is 9.42. The molecule has 1 aliphatic heterocycles. The number of hydrogen-bond donors (Lipinski definition) is 0. The van der Waals surface area contributed by atoms with Crippen LogP contribution in [0.15, 0.2) is 47.4 Å². The molecule has 28 heavy (non-hydrogen) atoms. The molecule has 0 radical (unpaired) electrons. The van der Waals surface area contributed by atoms with Crippen molar-refractivity contribution in [2.45, 2.75) is 63.4 Å². The van der Waals surface area contributed by atoms with Crippen LogP contribution in [0.1, 0.15) is 54.9 Å². The fourth-order valence-electron chi connectivity index (χ4n) is 3.92. The Morgan fingerprint density at radius 3 is 2.25 bits per heavy atom. The van der Waals surface area contributed by atoms with E-state index in [1.165, 1.54) is 10.5 Å². The zero-order valence-electron chi connectivity index (χ0n) is 16.9. The molecule has 0 amide bonds. The molecule has 2 unspecified atom stereocenters. The number of aryl methyl sites for hydroxylation is 3. The van der Waals surface area contributed by atoms with E-state index in [2.05, 4.69) is 45.0 Å². The highest BCUT2D eigenvalue weighted by Crippen LogP contribution is 2.34. The second-order valence-corrected chi connectivity index (χ2v) is 8.48. The first-order chi connectivity index (χ1) is 13.5. The maximum Gasteiger partial charge on any atom is 0.321 e. The van der Waals surface area contributed by atoms with Crippen molar-refractivity contribution < 1.29 is 14.3 Å². The third-order valence-corrected chi connectivity index (χ3v) is 6.31. The van der Waals surface area contributed by atoms with Gasteiger partial charge in [0.05, 0.1) is 0 Å². The van der Waals surface area contributed by atoms with Crippen molar-refractivity contribution in [3.8, 4) is 0 Å². The normalized spacial score (nSPS) is 19.5. The zero-order valence-corrected chi connectivity index (χ0v) is 17.7. The van der Waals surface area contributed by atoms with Crippen LogP contribution in [0, 0.1) is 6.92 Å². The highest BCUT2D eigenvalue weighted by Gasteiger charge is 2.40. The van der Waals surface area contributed by atoms with Gasteiger partial charge in [-0.1, -0.05) is 49.7 Å². The second-order valence-electron chi connectivity index (χ2n) is 7.32. The molecule has 2 atom stereocenters. The van der Waals surface area contributed by atoms with Crippen LogP contribution in [0.25, 0.3) is 0 Å². The Morgan fingerprint density at radius 1 is 1.04 bits per heavy atom. The van der Waals surface area contributed by atoms with Crippen molar-refractivity contribution in [2.75, 3.05) is 5.75 Å². The van der Waals surface area contributed by atoms with E-state index < -0.39 is 5.92 Å². The Bertz CT molecular complexity index is 801. The van der Waals surface area contributed by atoms with Crippen LogP contribution < -0.4 is 0 Å². The average molecular weight is 397 g/mol. The Balaban J connectivity index is 1.71. The van der Waals surface area contributed by atoms with E-state index in [4.69, 9.17) is 4.74 Å². The number of Topliss-reactive ketones (excluding diaryl/α,β-unsaturated/α-hetero) is 1. The lowest BCUT2D eigenvalue weighted by Gasteiger charge is -2.29. The first-order valence-corrected chi connectivity index (χ1v) is 11.0. The van der Waals surface area contributed by atoms with Crippen molar-refractivity contribution >= 4 is 23.5 Å². The number of carbonyl (C=O) groups excluding carboxylic acids is 2. The fourth-order valence-corrected chi connectivity index (χ4v) is 4.89. The standard InChI is InChI=1S/C24H28O3S/c1-4-17-13-16(3)14-18(5-2)22(17)23-21(25)15-19(27-24(23)26)11-12-28-20-9-7-6-8-10-20/h6-10,13-14,19,23H,4-5,11-12,15H2,1-3H3. The summed E-state index contributed by atoms with van der Waals surface area (Å²) in [7, 11) is 0. The van der Waals surface area contributed by atoms with Gasteiger partial charge in [-0.05, 0) is 55.0 Å². The predicted molar refractivity (Wildman–Crippen MR) is 114 cm³/mol. The van der Waals surface area contributed by atoms with Gasteiger partial charge in [0.25, 0.3) is 0 Å². The lowest BCUT2D eigenvalue weighted by molar-refractivity contribution is -0.160. The maximum atomic E-state index is 13.0. The van der Waals surface area contributed by atoms with E-state index in [9.17, 15) is 9.59 Å². The first-order valence-electron chi connectivity index (χ1n) is 10.1. The summed E-state index contributed by atoms with van der Waals surface area (Å²) in [5.41, 5.74) is 4.24. The van der Waals surface area contributed by atoms with Crippen molar-refractivity contribution in [1.29, 1.82) is 0 Å². The third-order valence-electron chi connectivity index (χ3n) is 5.27. The van der Waals surface area contributed by atoms with E-state index in [-0.39, 0.29) is 17.9 Å². The molecule has 3 nitrogen and oxygen atoms in total. The minimum Gasteiger partial charge on any atom is -0.461 e. The Morgan fingerprint density at radius 2 is 1.68 bits per heavy atom. The van der Waals surface area contributed by atoms with Crippen LogP contribution in [-0.4, -0.2) is 23.6 Å². The number of benzene rings is 2. The molecular formula is C24H28O3S. The van der Waals surface area contributed by atoms with Gasteiger partial charge >= 0.3 is 5.97 Å². The highest BCUT2D eigenvalue weighted by atomic mass is 32.2. The number of thioether (sulfide) groups is 1. The summed E-state index contributed by atoms with van der Waals surface area (Å²) < 4.78 is 5.72. The maximum absolute atomic E-state index is 13.0. The lowest BCUT2D eigenvalue weighted by atomic mass is 9.81. The van der Waals surface area contributed by atoms with Crippen LogP contribution in [0.4, 0.5) is 0 Å². The summed E-state index contributed by atoms with van der Waals surface area (Å²) in [6.45, 7) is 6.20. The lowest BCUT2D eigenvalue weighted by Crippen LogP contribution is -2.38. The van der Waals surface area contributed by atoms with Crippen LogP contribution in [0.2, 0.25) is 0 Å². The smallest absolute Gasteiger partial charge is 0.321 e. The van der Waals surface area contributed by atoms with E-state index >= 15 is 0 Å². The summed E-state index contributed by atoms with van der Waals surface area (Å²) >= 11 is 1.72. The molecule has 2 aromatic rings. The molecule has 0 aliphatic carbocycles. The molecule has 0 bridgehead atoms. The predicted octanol–water partition coefficient (Wildman–Crippen LogP) is 5.27. The number of esters is 1. The Hall–Kier alpha value is -2.07. The van der Waals surface area contributed by atoms with Crippen molar-refractivity contribution in [1.82, 2.24) is 0 Å². The van der Waals surface area contributed by atoms with Gasteiger partial charge in [-0.25, -0.2) is 0 Å². The zero-order chi connectivity index (χ0) is 20.1.